The van der Waals surface area contributed by atoms with Crippen LogP contribution in [-0.2, 0) is 6.54 Å². The summed E-state index contributed by atoms with van der Waals surface area (Å²) in [6.07, 6.45) is 0. The molecular weight excluding hydrogens is 299 g/mol. The van der Waals surface area contributed by atoms with E-state index in [1.807, 2.05) is 33.8 Å². The van der Waals surface area contributed by atoms with Crippen LogP contribution >= 0.6 is 12.2 Å². The molecule has 0 amide bonds. The molecule has 0 saturated heterocycles. The first-order valence-electron chi connectivity index (χ1n) is 7.23. The number of benzene rings is 1. The zero-order valence-electron chi connectivity index (χ0n) is 13.3. The molecule has 22 heavy (non-hydrogen) atoms. The van der Waals surface area contributed by atoms with Gasteiger partial charge >= 0.3 is 0 Å². The molecular formula is C16H21FN4S. The molecule has 1 heterocycles. The van der Waals surface area contributed by atoms with E-state index in [0.29, 0.717) is 17.2 Å². The average molecular weight is 320 g/mol. The first-order chi connectivity index (χ1) is 10.4. The van der Waals surface area contributed by atoms with Gasteiger partial charge in [0.1, 0.15) is 5.82 Å². The highest BCUT2D eigenvalue weighted by molar-refractivity contribution is 7.80. The second-order valence-corrected chi connectivity index (χ2v) is 5.96. The Hall–Kier alpha value is -1.95. The third-order valence-corrected chi connectivity index (χ3v) is 3.54. The number of hydrogen-bond acceptors (Lipinski definition) is 2. The van der Waals surface area contributed by atoms with Crippen LogP contribution in [0, 0.1) is 19.7 Å². The second kappa shape index (κ2) is 6.87. The van der Waals surface area contributed by atoms with Crippen molar-refractivity contribution in [3.8, 4) is 0 Å². The number of nitrogens with zero attached hydrogens (tertiary/aromatic N) is 2. The summed E-state index contributed by atoms with van der Waals surface area (Å²) in [5, 5.41) is 11.4. The van der Waals surface area contributed by atoms with Gasteiger partial charge in [-0.2, -0.15) is 5.10 Å². The molecule has 1 aromatic heterocycles. The quantitative estimate of drug-likeness (QED) is 0.848. The number of halogens is 1. The Morgan fingerprint density at radius 2 is 2.00 bits per heavy atom. The maximum atomic E-state index is 13.8. The number of anilines is 1. The van der Waals surface area contributed by atoms with Crippen LogP contribution in [0.2, 0.25) is 0 Å². The molecule has 118 valence electrons. The third-order valence-electron chi connectivity index (χ3n) is 3.32. The fourth-order valence-corrected chi connectivity index (χ4v) is 2.57. The van der Waals surface area contributed by atoms with Gasteiger partial charge in [-0.15, -0.1) is 0 Å². The lowest BCUT2D eigenvalue weighted by atomic mass is 10.2. The Morgan fingerprint density at radius 1 is 1.32 bits per heavy atom. The number of thiocarbonyl (C=S) groups is 1. The van der Waals surface area contributed by atoms with Crippen molar-refractivity contribution in [2.24, 2.45) is 0 Å². The predicted octanol–water partition coefficient (Wildman–Crippen LogP) is 3.38. The van der Waals surface area contributed by atoms with E-state index in [0.717, 1.165) is 17.1 Å². The fourth-order valence-electron chi connectivity index (χ4n) is 2.23. The highest BCUT2D eigenvalue weighted by atomic mass is 32.1. The van der Waals surface area contributed by atoms with Crippen LogP contribution < -0.4 is 10.6 Å². The van der Waals surface area contributed by atoms with Crippen LogP contribution in [0.3, 0.4) is 0 Å². The summed E-state index contributed by atoms with van der Waals surface area (Å²) in [4.78, 5) is 0. The molecule has 0 aliphatic heterocycles. The molecule has 2 rings (SSSR count). The Kier molecular flexibility index (Phi) is 5.13. The Bertz CT molecular complexity index is 679. The van der Waals surface area contributed by atoms with Gasteiger partial charge < -0.3 is 10.6 Å². The summed E-state index contributed by atoms with van der Waals surface area (Å²) < 4.78 is 15.6. The summed E-state index contributed by atoms with van der Waals surface area (Å²) in [6.45, 7) is 8.29. The molecule has 0 spiro atoms. The van der Waals surface area contributed by atoms with Crippen molar-refractivity contribution >= 4 is 23.0 Å². The van der Waals surface area contributed by atoms with Crippen LogP contribution in [0.1, 0.15) is 30.8 Å². The molecule has 0 bridgehead atoms. The molecule has 2 aromatic rings. The normalized spacial score (nSPS) is 10.8. The van der Waals surface area contributed by atoms with Crippen molar-refractivity contribution in [2.45, 2.75) is 40.3 Å². The maximum absolute atomic E-state index is 13.8. The number of aromatic nitrogens is 2. The van der Waals surface area contributed by atoms with E-state index >= 15 is 0 Å². The van der Waals surface area contributed by atoms with Crippen molar-refractivity contribution in [3.05, 3.63) is 47.0 Å². The number of aryl methyl sites for hydroxylation is 1. The molecule has 2 N–H and O–H groups in total. The lowest BCUT2D eigenvalue weighted by Crippen LogP contribution is -2.34. The van der Waals surface area contributed by atoms with Crippen LogP contribution in [-0.4, -0.2) is 20.9 Å². The van der Waals surface area contributed by atoms with Crippen molar-refractivity contribution in [1.82, 2.24) is 15.1 Å². The SMILES string of the molecule is Cc1nn(Cc2ccccc2F)c(C)c1NC(=S)NC(C)C. The van der Waals surface area contributed by atoms with Gasteiger partial charge in [-0.05, 0) is 46.0 Å². The van der Waals surface area contributed by atoms with Gasteiger partial charge in [-0.1, -0.05) is 18.2 Å². The average Bonchev–Trinajstić information content (AvgIpc) is 2.68. The summed E-state index contributed by atoms with van der Waals surface area (Å²) in [6, 6.07) is 6.99. The Labute approximate surface area is 135 Å². The van der Waals surface area contributed by atoms with E-state index in [2.05, 4.69) is 15.7 Å². The molecule has 0 fully saturated rings. The van der Waals surface area contributed by atoms with E-state index in [1.165, 1.54) is 6.07 Å². The maximum Gasteiger partial charge on any atom is 0.171 e. The summed E-state index contributed by atoms with van der Waals surface area (Å²) in [5.41, 5.74) is 3.24. The molecule has 4 nitrogen and oxygen atoms in total. The van der Waals surface area contributed by atoms with E-state index in [-0.39, 0.29) is 11.9 Å². The van der Waals surface area contributed by atoms with E-state index in [9.17, 15) is 4.39 Å². The number of hydrogen-bond donors (Lipinski definition) is 2. The molecule has 6 heteroatoms. The lowest BCUT2D eigenvalue weighted by molar-refractivity contribution is 0.579. The van der Waals surface area contributed by atoms with E-state index < -0.39 is 0 Å². The smallest absolute Gasteiger partial charge is 0.171 e. The molecule has 0 aliphatic rings. The Balaban J connectivity index is 2.20. The topological polar surface area (TPSA) is 41.9 Å². The van der Waals surface area contributed by atoms with Crippen LogP contribution in [0.4, 0.5) is 10.1 Å². The number of nitrogens with one attached hydrogen (secondary N) is 2. The lowest BCUT2D eigenvalue weighted by Gasteiger charge is -2.13. The monoisotopic (exact) mass is 320 g/mol. The van der Waals surface area contributed by atoms with Crippen molar-refractivity contribution in [3.63, 3.8) is 0 Å². The fraction of sp³-hybridized carbons (Fsp3) is 0.375. The largest absolute Gasteiger partial charge is 0.360 e. The second-order valence-electron chi connectivity index (χ2n) is 5.55. The van der Waals surface area contributed by atoms with Crippen molar-refractivity contribution in [2.75, 3.05) is 5.32 Å². The van der Waals surface area contributed by atoms with Gasteiger partial charge in [0.15, 0.2) is 5.11 Å². The standard InChI is InChI=1S/C16H21FN4S/c1-10(2)18-16(22)19-15-11(3)20-21(12(15)4)9-13-7-5-6-8-14(13)17/h5-8,10H,9H2,1-4H3,(H2,18,19,22). The summed E-state index contributed by atoms with van der Waals surface area (Å²) >= 11 is 5.27. The molecule has 0 radical (unpaired) electrons. The van der Waals surface area contributed by atoms with Crippen molar-refractivity contribution in [1.29, 1.82) is 0 Å². The minimum absolute atomic E-state index is 0.221. The van der Waals surface area contributed by atoms with Crippen molar-refractivity contribution < 1.29 is 4.39 Å². The predicted molar refractivity (Wildman–Crippen MR) is 91.7 cm³/mol. The first kappa shape index (κ1) is 16.4. The zero-order chi connectivity index (χ0) is 16.3. The summed E-state index contributed by atoms with van der Waals surface area (Å²) in [7, 11) is 0. The van der Waals surface area contributed by atoms with Gasteiger partial charge in [0.05, 0.1) is 23.6 Å². The van der Waals surface area contributed by atoms with E-state index in [4.69, 9.17) is 12.2 Å². The van der Waals surface area contributed by atoms with E-state index in [1.54, 1.807) is 16.8 Å². The third kappa shape index (κ3) is 3.82. The molecule has 0 atom stereocenters. The highest BCUT2D eigenvalue weighted by Gasteiger charge is 2.14. The first-order valence-corrected chi connectivity index (χ1v) is 7.64. The minimum atomic E-state index is -0.221. The van der Waals surface area contributed by atoms with Crippen LogP contribution in [0.25, 0.3) is 0 Å². The molecule has 0 saturated carbocycles. The van der Waals surface area contributed by atoms with Gasteiger partial charge in [-0.3, -0.25) is 4.68 Å². The van der Waals surface area contributed by atoms with Gasteiger partial charge in [0.2, 0.25) is 0 Å². The van der Waals surface area contributed by atoms with Crippen LogP contribution in [0.5, 0.6) is 0 Å². The Morgan fingerprint density at radius 3 is 2.64 bits per heavy atom. The highest BCUT2D eigenvalue weighted by Crippen LogP contribution is 2.21. The zero-order valence-corrected chi connectivity index (χ0v) is 14.1. The molecule has 0 unspecified atom stereocenters. The van der Waals surface area contributed by atoms with Gasteiger partial charge in [0.25, 0.3) is 0 Å². The van der Waals surface area contributed by atoms with Crippen LogP contribution in [0.15, 0.2) is 24.3 Å². The molecule has 0 aliphatic carbocycles. The summed E-state index contributed by atoms with van der Waals surface area (Å²) in [5.74, 6) is -0.221. The van der Waals surface area contributed by atoms with Gasteiger partial charge in [0, 0.05) is 11.6 Å². The number of rotatable bonds is 4. The molecule has 1 aromatic carbocycles. The van der Waals surface area contributed by atoms with Gasteiger partial charge in [-0.25, -0.2) is 4.39 Å². The minimum Gasteiger partial charge on any atom is -0.360 e.